The second kappa shape index (κ2) is 7.04. The molecule has 0 aliphatic carbocycles. The monoisotopic (exact) mass is 359 g/mol. The third kappa shape index (κ3) is 3.95. The van der Waals surface area contributed by atoms with Crippen molar-refractivity contribution in [3.05, 3.63) is 65.2 Å². The minimum Gasteiger partial charge on any atom is -0.306 e. The number of nitrogens with zero attached hydrogens (tertiary/aromatic N) is 1. The largest absolute Gasteiger partial charge is 0.306 e. The molecule has 0 unspecified atom stereocenters. The molecule has 0 saturated carbocycles. The van der Waals surface area contributed by atoms with Gasteiger partial charge in [0.2, 0.25) is 5.91 Å². The molecule has 1 amide bonds. The smallest absolute Gasteiger partial charge is 0.233 e. The van der Waals surface area contributed by atoms with Gasteiger partial charge in [-0.3, -0.25) is 4.79 Å². The number of amides is 1. The quantitative estimate of drug-likeness (QED) is 0.592. The Morgan fingerprint density at radius 2 is 1.59 bits per heavy atom. The fraction of sp³-hybridized carbons (Fsp3) is 0.333. The van der Waals surface area contributed by atoms with Crippen LogP contribution in [0.3, 0.4) is 0 Å². The SMILES string of the molecule is CC(C)(C=O)CC(C)(C)C(=O)N1Cc2ccccc2C#Cc2ccccc21. The van der Waals surface area contributed by atoms with Crippen molar-refractivity contribution >= 4 is 17.9 Å². The van der Waals surface area contributed by atoms with E-state index in [4.69, 9.17) is 0 Å². The van der Waals surface area contributed by atoms with Crippen LogP contribution in [0.5, 0.6) is 0 Å². The first kappa shape index (κ1) is 18.9. The van der Waals surface area contributed by atoms with Crippen LogP contribution in [0.2, 0.25) is 0 Å². The van der Waals surface area contributed by atoms with Gasteiger partial charge in [0.15, 0.2) is 0 Å². The highest BCUT2D eigenvalue weighted by Gasteiger charge is 2.38. The summed E-state index contributed by atoms with van der Waals surface area (Å²) in [4.78, 5) is 26.9. The third-order valence-corrected chi connectivity index (χ3v) is 4.91. The Balaban J connectivity index is 2.08. The lowest BCUT2D eigenvalue weighted by Gasteiger charge is -2.36. The maximum absolute atomic E-state index is 13.6. The Morgan fingerprint density at radius 3 is 2.30 bits per heavy atom. The average Bonchev–Trinajstić information content (AvgIpc) is 2.62. The number of hydrogen-bond donors (Lipinski definition) is 0. The minimum absolute atomic E-state index is 0.00313. The molecular weight excluding hydrogens is 334 g/mol. The Morgan fingerprint density at radius 1 is 1.00 bits per heavy atom. The Labute approximate surface area is 161 Å². The van der Waals surface area contributed by atoms with E-state index in [2.05, 4.69) is 11.8 Å². The van der Waals surface area contributed by atoms with Gasteiger partial charge in [0.25, 0.3) is 0 Å². The summed E-state index contributed by atoms with van der Waals surface area (Å²) in [6.07, 6.45) is 1.42. The number of aldehydes is 1. The molecule has 3 rings (SSSR count). The van der Waals surface area contributed by atoms with Crippen LogP contribution in [0.4, 0.5) is 5.69 Å². The standard InChI is InChI=1S/C24H25NO2/c1-23(2,17-26)16-24(3,4)22(27)25-15-20-11-6-5-9-18(20)13-14-19-10-7-8-12-21(19)25/h5-12,17H,15-16H2,1-4H3. The molecule has 1 aliphatic rings. The zero-order valence-electron chi connectivity index (χ0n) is 16.4. The average molecular weight is 359 g/mol. The molecule has 0 spiro atoms. The maximum atomic E-state index is 13.6. The van der Waals surface area contributed by atoms with Crippen molar-refractivity contribution in [3.8, 4) is 11.8 Å². The topological polar surface area (TPSA) is 37.4 Å². The van der Waals surface area contributed by atoms with Crippen molar-refractivity contribution in [2.75, 3.05) is 4.90 Å². The Kier molecular flexibility index (Phi) is 4.93. The molecular formula is C24H25NO2. The highest BCUT2D eigenvalue weighted by Crippen LogP contribution is 2.37. The molecule has 138 valence electrons. The molecule has 3 heteroatoms. The summed E-state index contributed by atoms with van der Waals surface area (Å²) < 4.78 is 0. The van der Waals surface area contributed by atoms with Crippen LogP contribution in [-0.4, -0.2) is 12.2 Å². The predicted molar refractivity (Wildman–Crippen MR) is 108 cm³/mol. The van der Waals surface area contributed by atoms with Gasteiger partial charge in [-0.25, -0.2) is 0 Å². The second-order valence-electron chi connectivity index (χ2n) is 8.48. The Hall–Kier alpha value is -2.86. The van der Waals surface area contributed by atoms with Gasteiger partial charge in [-0.05, 0) is 30.2 Å². The number of hydrogen-bond acceptors (Lipinski definition) is 2. The van der Waals surface area contributed by atoms with Gasteiger partial charge in [-0.2, -0.15) is 0 Å². The first-order valence-electron chi connectivity index (χ1n) is 9.21. The minimum atomic E-state index is -0.681. The van der Waals surface area contributed by atoms with Gasteiger partial charge in [0.05, 0.1) is 12.2 Å². The summed E-state index contributed by atoms with van der Waals surface area (Å²) in [6.45, 7) is 8.04. The maximum Gasteiger partial charge on any atom is 0.233 e. The van der Waals surface area contributed by atoms with E-state index in [1.165, 1.54) is 0 Å². The van der Waals surface area contributed by atoms with E-state index in [0.29, 0.717) is 13.0 Å². The lowest BCUT2D eigenvalue weighted by Crippen LogP contribution is -2.43. The number of anilines is 1. The van der Waals surface area contributed by atoms with Crippen LogP contribution >= 0.6 is 0 Å². The van der Waals surface area contributed by atoms with E-state index in [-0.39, 0.29) is 5.91 Å². The van der Waals surface area contributed by atoms with Crippen molar-refractivity contribution < 1.29 is 9.59 Å². The van der Waals surface area contributed by atoms with Gasteiger partial charge < -0.3 is 9.69 Å². The number of para-hydroxylation sites is 1. The molecule has 0 N–H and O–H groups in total. The molecule has 0 radical (unpaired) electrons. The molecule has 0 atom stereocenters. The van der Waals surface area contributed by atoms with E-state index in [9.17, 15) is 9.59 Å². The fourth-order valence-electron chi connectivity index (χ4n) is 3.79. The summed E-state index contributed by atoms with van der Waals surface area (Å²) in [5, 5.41) is 0. The summed E-state index contributed by atoms with van der Waals surface area (Å²) in [6, 6.07) is 15.7. The van der Waals surface area contributed by atoms with E-state index < -0.39 is 10.8 Å². The van der Waals surface area contributed by atoms with E-state index in [1.807, 2.05) is 81.1 Å². The second-order valence-corrected chi connectivity index (χ2v) is 8.48. The molecule has 2 aromatic rings. The zero-order chi connectivity index (χ0) is 19.7. The molecule has 0 fully saturated rings. The normalized spacial score (nSPS) is 13.4. The van der Waals surface area contributed by atoms with Crippen molar-refractivity contribution in [3.63, 3.8) is 0 Å². The number of benzene rings is 2. The lowest BCUT2D eigenvalue weighted by atomic mass is 9.75. The molecule has 27 heavy (non-hydrogen) atoms. The van der Waals surface area contributed by atoms with Crippen molar-refractivity contribution in [2.45, 2.75) is 40.7 Å². The molecule has 0 aromatic heterocycles. The summed E-state index contributed by atoms with van der Waals surface area (Å²) in [5.41, 5.74) is 2.39. The molecule has 3 nitrogen and oxygen atoms in total. The van der Waals surface area contributed by atoms with Crippen LogP contribution in [0.25, 0.3) is 0 Å². The molecule has 1 heterocycles. The van der Waals surface area contributed by atoms with Crippen LogP contribution < -0.4 is 4.90 Å². The van der Waals surface area contributed by atoms with Crippen LogP contribution in [0.1, 0.15) is 50.8 Å². The lowest BCUT2D eigenvalue weighted by molar-refractivity contribution is -0.129. The van der Waals surface area contributed by atoms with E-state index in [0.717, 1.165) is 28.7 Å². The molecule has 0 bridgehead atoms. The zero-order valence-corrected chi connectivity index (χ0v) is 16.4. The molecule has 0 saturated heterocycles. The molecule has 2 aromatic carbocycles. The van der Waals surface area contributed by atoms with Crippen LogP contribution in [-0.2, 0) is 16.1 Å². The van der Waals surface area contributed by atoms with E-state index >= 15 is 0 Å². The first-order valence-corrected chi connectivity index (χ1v) is 9.21. The summed E-state index contributed by atoms with van der Waals surface area (Å²) in [7, 11) is 0. The van der Waals surface area contributed by atoms with Gasteiger partial charge in [0, 0.05) is 22.0 Å². The summed E-state index contributed by atoms with van der Waals surface area (Å²) in [5.74, 6) is 6.45. The van der Waals surface area contributed by atoms with Crippen molar-refractivity contribution in [2.24, 2.45) is 10.8 Å². The van der Waals surface area contributed by atoms with Crippen molar-refractivity contribution in [1.29, 1.82) is 0 Å². The van der Waals surface area contributed by atoms with Gasteiger partial charge in [0.1, 0.15) is 6.29 Å². The van der Waals surface area contributed by atoms with Crippen LogP contribution in [0.15, 0.2) is 48.5 Å². The third-order valence-electron chi connectivity index (χ3n) is 4.91. The highest BCUT2D eigenvalue weighted by molar-refractivity contribution is 5.98. The fourth-order valence-corrected chi connectivity index (χ4v) is 3.79. The highest BCUT2D eigenvalue weighted by atomic mass is 16.2. The molecule has 1 aliphatic heterocycles. The van der Waals surface area contributed by atoms with Gasteiger partial charge in [-0.1, -0.05) is 69.9 Å². The van der Waals surface area contributed by atoms with Gasteiger partial charge in [-0.15, -0.1) is 0 Å². The summed E-state index contributed by atoms with van der Waals surface area (Å²) >= 11 is 0. The Bertz CT molecular complexity index is 944. The predicted octanol–water partition coefficient (Wildman–Crippen LogP) is 4.57. The van der Waals surface area contributed by atoms with Crippen molar-refractivity contribution in [1.82, 2.24) is 0 Å². The number of carbonyl (C=O) groups excluding carboxylic acids is 2. The number of carbonyl (C=O) groups is 2. The number of rotatable bonds is 4. The number of fused-ring (bicyclic) bond motifs is 2. The van der Waals surface area contributed by atoms with Gasteiger partial charge >= 0.3 is 0 Å². The van der Waals surface area contributed by atoms with E-state index in [1.54, 1.807) is 0 Å². The van der Waals surface area contributed by atoms with Crippen LogP contribution in [0, 0.1) is 22.7 Å². The first-order chi connectivity index (χ1) is 12.7.